The van der Waals surface area contributed by atoms with Crippen LogP contribution in [0.2, 0.25) is 0 Å². The molecule has 330 valence electrons. The van der Waals surface area contributed by atoms with Crippen LogP contribution in [0, 0.1) is 0 Å². The van der Waals surface area contributed by atoms with Crippen molar-refractivity contribution in [2.75, 3.05) is 0 Å². The van der Waals surface area contributed by atoms with Crippen LogP contribution in [0.1, 0.15) is 28.8 Å². The number of fused-ring (bicyclic) bond motifs is 10. The summed E-state index contributed by atoms with van der Waals surface area (Å²) >= 11 is 0. The normalized spacial score (nSPS) is 15.8. The molecule has 0 N–H and O–H groups in total. The monoisotopic (exact) mass is 921 g/mol. The lowest BCUT2D eigenvalue weighted by Crippen LogP contribution is -1.91. The van der Waals surface area contributed by atoms with Gasteiger partial charge in [-0.15, -0.1) is 0 Å². The molecule has 71 heavy (non-hydrogen) atoms. The first-order valence-electron chi connectivity index (χ1n) is 33.3. The molecule has 0 aliphatic heterocycles. The summed E-state index contributed by atoms with van der Waals surface area (Å²) in [6.07, 6.45) is 0. The predicted octanol–water partition coefficient (Wildman–Crippen LogP) is 20.0. The Kier molecular flexibility index (Phi) is 5.85. The first-order chi connectivity index (χ1) is 44.0. The van der Waals surface area contributed by atoms with Gasteiger partial charge < -0.3 is 4.42 Å². The maximum Gasteiger partial charge on any atom is 0.136 e. The van der Waals surface area contributed by atoms with E-state index in [-0.39, 0.29) is 27.1 Å². The van der Waals surface area contributed by atoms with Gasteiger partial charge in [-0.05, 0) is 144 Å². The Bertz CT molecular complexity index is 5690. The molecule has 14 aromatic carbocycles. The van der Waals surface area contributed by atoms with E-state index in [4.69, 9.17) is 26.3 Å². The molecule has 0 amide bonds. The lowest BCUT2D eigenvalue weighted by Gasteiger charge is -2.19. The molecular formula is C70H44O. The van der Waals surface area contributed by atoms with Crippen molar-refractivity contribution in [1.29, 1.82) is 0 Å². The van der Waals surface area contributed by atoms with Crippen LogP contribution in [0.4, 0.5) is 0 Å². The second-order valence-electron chi connectivity index (χ2n) is 17.0. The average Bonchev–Trinajstić information content (AvgIpc) is 0.790. The summed E-state index contributed by atoms with van der Waals surface area (Å²) in [6, 6.07) is 33.3. The molecule has 0 aliphatic rings. The highest BCUT2D eigenvalue weighted by Gasteiger charge is 2.21. The highest BCUT2D eigenvalue weighted by molar-refractivity contribution is 6.27. The molecule has 1 heteroatoms. The van der Waals surface area contributed by atoms with Crippen molar-refractivity contribution in [2.24, 2.45) is 0 Å². The van der Waals surface area contributed by atoms with Gasteiger partial charge in [0.1, 0.15) is 11.2 Å². The molecule has 0 saturated carbocycles. The minimum absolute atomic E-state index is 0.146. The summed E-state index contributed by atoms with van der Waals surface area (Å²) in [4.78, 5) is 0. The largest absolute Gasteiger partial charge is 0.456 e. The van der Waals surface area contributed by atoms with Gasteiger partial charge in [0.05, 0.1) is 28.8 Å². The first kappa shape index (κ1) is 24.8. The van der Waals surface area contributed by atoms with E-state index in [1.807, 2.05) is 0 Å². The van der Waals surface area contributed by atoms with Crippen LogP contribution in [0.5, 0.6) is 0 Å². The Balaban J connectivity index is 0.000000182. The molecule has 15 aromatic rings. The van der Waals surface area contributed by atoms with Crippen molar-refractivity contribution >= 4 is 97.3 Å². The fraction of sp³-hybridized carbons (Fsp3) is 0. The smallest absolute Gasteiger partial charge is 0.136 e. The van der Waals surface area contributed by atoms with Crippen LogP contribution in [-0.4, -0.2) is 0 Å². The van der Waals surface area contributed by atoms with Gasteiger partial charge in [-0.2, -0.15) is 0 Å². The van der Waals surface area contributed by atoms with Crippen LogP contribution in [0.3, 0.4) is 0 Å². The zero-order valence-electron chi connectivity index (χ0n) is 58.2. The third kappa shape index (κ3) is 6.70. The van der Waals surface area contributed by atoms with Crippen molar-refractivity contribution in [3.8, 4) is 44.5 Å². The summed E-state index contributed by atoms with van der Waals surface area (Å²) in [5.74, 6) is 0. The topological polar surface area (TPSA) is 13.1 Å². The number of benzene rings is 14. The average molecular weight is 922 g/mol. The van der Waals surface area contributed by atoms with Crippen molar-refractivity contribution < 1.29 is 33.2 Å². The van der Waals surface area contributed by atoms with E-state index in [2.05, 4.69) is 133 Å². The van der Waals surface area contributed by atoms with E-state index in [9.17, 15) is 6.85 Å². The van der Waals surface area contributed by atoms with E-state index < -0.39 is 176 Å². The molecule has 0 radical (unpaired) electrons. The Hall–Kier alpha value is -9.30. The molecule has 0 saturated heterocycles. The number of hydrogen-bond acceptors (Lipinski definition) is 1. The quantitative estimate of drug-likeness (QED) is 0.160. The van der Waals surface area contributed by atoms with Gasteiger partial charge in [0.25, 0.3) is 0 Å². The van der Waals surface area contributed by atoms with Crippen molar-refractivity contribution in [3.63, 3.8) is 0 Å². The Morgan fingerprint density at radius 3 is 1.48 bits per heavy atom. The summed E-state index contributed by atoms with van der Waals surface area (Å²) in [6.45, 7) is 0. The van der Waals surface area contributed by atoms with E-state index >= 15 is 0 Å². The molecule has 0 spiro atoms. The van der Waals surface area contributed by atoms with E-state index in [0.717, 1.165) is 0 Å². The minimum atomic E-state index is -0.871. The minimum Gasteiger partial charge on any atom is -0.456 e. The predicted molar refractivity (Wildman–Crippen MR) is 304 cm³/mol. The highest BCUT2D eigenvalue weighted by Crippen LogP contribution is 2.48. The van der Waals surface area contributed by atoms with E-state index in [0.29, 0.717) is 0 Å². The SMILES string of the molecule is [2H]c1c([2H])c([2H])c(-c2c3c([2H])c([2H])c([2H])c([2H])c3c(-c3c([2H])c([2H])c([2H])c4oc5c([2H])c6c([2H])c([2H])c([2H])c([2H])c6cc5c34)c3c([2H])c([2H])c([2H])c([2H])c23)c([2H])c1[2H].c1ccc2cc(-c3c4ccccc4c(-c4cccc5ccccc45)c4ccccc34)ccc2c1. The van der Waals surface area contributed by atoms with Crippen molar-refractivity contribution in [2.45, 2.75) is 0 Å². The van der Waals surface area contributed by atoms with Gasteiger partial charge in [0.2, 0.25) is 0 Å². The first-order valence-corrected chi connectivity index (χ1v) is 22.8. The zero-order valence-corrected chi connectivity index (χ0v) is 37.2. The third-order valence-electron chi connectivity index (χ3n) is 13.2. The lowest BCUT2D eigenvalue weighted by molar-refractivity contribution is 0.669. The third-order valence-corrected chi connectivity index (χ3v) is 13.2. The summed E-state index contributed by atoms with van der Waals surface area (Å²) in [5, 5.41) is 7.16. The Morgan fingerprint density at radius 1 is 0.268 bits per heavy atom. The molecule has 0 fully saturated rings. The number of furan rings is 1. The van der Waals surface area contributed by atoms with Crippen LogP contribution >= 0.6 is 0 Å². The van der Waals surface area contributed by atoms with Crippen LogP contribution < -0.4 is 0 Å². The highest BCUT2D eigenvalue weighted by atomic mass is 16.3. The van der Waals surface area contributed by atoms with Gasteiger partial charge in [0.15, 0.2) is 0 Å². The van der Waals surface area contributed by atoms with Crippen LogP contribution in [-0.2, 0) is 0 Å². The van der Waals surface area contributed by atoms with Gasteiger partial charge in [-0.25, -0.2) is 0 Å². The molecule has 1 aromatic heterocycles. The fourth-order valence-corrected chi connectivity index (χ4v) is 10.2. The molecule has 1 heterocycles. The molecule has 15 rings (SSSR count). The maximum absolute atomic E-state index is 9.35. The number of rotatable bonds is 4. The molecule has 0 bridgehead atoms. The summed E-state index contributed by atoms with van der Waals surface area (Å²) < 4.78 is 190. The van der Waals surface area contributed by atoms with E-state index in [1.54, 1.807) is 0 Å². The van der Waals surface area contributed by atoms with Gasteiger partial charge in [-0.3, -0.25) is 0 Å². The van der Waals surface area contributed by atoms with Crippen molar-refractivity contribution in [1.82, 2.24) is 0 Å². The van der Waals surface area contributed by atoms with Crippen LogP contribution in [0.25, 0.3) is 142 Å². The Morgan fingerprint density at radius 2 is 0.789 bits per heavy atom. The van der Waals surface area contributed by atoms with E-state index in [1.165, 1.54) is 71.4 Å². The molecular weight excluding hydrogens is 857 g/mol. The molecule has 0 atom stereocenters. The van der Waals surface area contributed by atoms with Gasteiger partial charge in [0, 0.05) is 10.8 Å². The van der Waals surface area contributed by atoms with Crippen LogP contribution in [0.15, 0.2) is 271 Å². The summed E-state index contributed by atoms with van der Waals surface area (Å²) in [7, 11) is 0. The molecule has 0 aliphatic carbocycles. The fourth-order valence-electron chi connectivity index (χ4n) is 10.2. The molecule has 0 unspecified atom stereocenters. The second-order valence-corrected chi connectivity index (χ2v) is 17.0. The van der Waals surface area contributed by atoms with Crippen molar-refractivity contribution in [3.05, 3.63) is 266 Å². The lowest BCUT2D eigenvalue weighted by atomic mass is 9.84. The molecule has 1 nitrogen and oxygen atoms in total. The second kappa shape index (κ2) is 16.7. The number of hydrogen-bond donors (Lipinski definition) is 0. The standard InChI is InChI=1S/C36H22O.C34H22/c1-2-11-23(12-3-1)34-26-15-6-8-17-28(26)35(29-18-9-7-16-27(29)34)30-19-10-20-32-36(30)31-21-24-13-4-5-14-25(24)22-33(31)37-32;1-2-12-25-22-26(21-20-23(25)10-1)33-29-15-5-7-17-31(29)34(32-18-8-6-16-30(32)33)28-19-9-13-24-11-3-4-14-27(24)28/h1-22H;1-22H/i1D,2D,3D,4D,5D,6D,7D,8D,9D,10D,11D,12D,13D,14D,15D,16D,17D,18D,19D,20D,22D;. The van der Waals surface area contributed by atoms with Gasteiger partial charge in [-0.1, -0.05) is 242 Å². The van der Waals surface area contributed by atoms with Gasteiger partial charge >= 0.3 is 0 Å². The maximum atomic E-state index is 9.35. The summed E-state index contributed by atoms with van der Waals surface area (Å²) in [5.41, 5.74) is 2.13. The Labute approximate surface area is 440 Å². The zero-order chi connectivity index (χ0) is 65.1.